The molecule has 1 amide bonds. The molecule has 0 saturated carbocycles. The van der Waals surface area contributed by atoms with Crippen molar-refractivity contribution in [2.45, 2.75) is 6.42 Å². The van der Waals surface area contributed by atoms with Gasteiger partial charge in [-0.3, -0.25) is 4.79 Å². The first-order valence-corrected chi connectivity index (χ1v) is 9.37. The largest absolute Gasteiger partial charge is 0.496 e. The maximum absolute atomic E-state index is 12.2. The van der Waals surface area contributed by atoms with Gasteiger partial charge in [-0.15, -0.1) is 0 Å². The van der Waals surface area contributed by atoms with Gasteiger partial charge in [-0.25, -0.2) is 9.59 Å². The third kappa shape index (κ3) is 5.35. The van der Waals surface area contributed by atoms with Crippen molar-refractivity contribution in [1.29, 1.82) is 0 Å². The fraction of sp³-hybridized carbons (Fsp3) is 0.174. The van der Waals surface area contributed by atoms with Gasteiger partial charge in [0.25, 0.3) is 5.91 Å². The lowest BCUT2D eigenvalue weighted by Crippen LogP contribution is -2.29. The Morgan fingerprint density at radius 1 is 1.10 bits per heavy atom. The van der Waals surface area contributed by atoms with Crippen LogP contribution in [0.1, 0.15) is 22.3 Å². The zero-order valence-electron chi connectivity index (χ0n) is 16.4. The smallest absolute Gasteiger partial charge is 0.349 e. The Hall–Kier alpha value is -3.87. The van der Waals surface area contributed by atoms with Crippen LogP contribution in [-0.4, -0.2) is 32.1 Å². The van der Waals surface area contributed by atoms with E-state index in [2.05, 4.69) is 5.32 Å². The van der Waals surface area contributed by atoms with E-state index in [1.165, 1.54) is 12.1 Å². The highest BCUT2D eigenvalue weighted by Crippen LogP contribution is 2.18. The van der Waals surface area contributed by atoms with Crippen LogP contribution in [0, 0.1) is 0 Å². The Labute approximate surface area is 172 Å². The van der Waals surface area contributed by atoms with Crippen LogP contribution in [0.3, 0.4) is 0 Å². The van der Waals surface area contributed by atoms with Crippen molar-refractivity contribution in [2.24, 2.45) is 0 Å². The van der Waals surface area contributed by atoms with Crippen LogP contribution in [0.15, 0.2) is 69.9 Å². The van der Waals surface area contributed by atoms with Crippen molar-refractivity contribution < 1.29 is 23.5 Å². The summed E-state index contributed by atoms with van der Waals surface area (Å²) < 4.78 is 15.5. The lowest BCUT2D eigenvalue weighted by atomic mass is 10.2. The van der Waals surface area contributed by atoms with Gasteiger partial charge >= 0.3 is 11.6 Å². The molecule has 0 saturated heterocycles. The molecule has 0 spiro atoms. The van der Waals surface area contributed by atoms with Gasteiger partial charge in [0.2, 0.25) is 0 Å². The maximum atomic E-state index is 12.2. The first-order valence-electron chi connectivity index (χ1n) is 9.37. The second-order valence-corrected chi connectivity index (χ2v) is 6.34. The number of rotatable bonds is 8. The number of benzene rings is 2. The number of nitrogens with one attached hydrogen (secondary N) is 1. The predicted molar refractivity (Wildman–Crippen MR) is 112 cm³/mol. The normalized spacial score (nSPS) is 10.8. The summed E-state index contributed by atoms with van der Waals surface area (Å²) in [7, 11) is 1.56. The van der Waals surface area contributed by atoms with Gasteiger partial charge in [0.15, 0.2) is 0 Å². The molecule has 3 rings (SSSR count). The van der Waals surface area contributed by atoms with Crippen molar-refractivity contribution in [3.8, 4) is 5.75 Å². The Balaban J connectivity index is 1.44. The van der Waals surface area contributed by atoms with Gasteiger partial charge in [-0.05, 0) is 30.7 Å². The molecule has 154 valence electrons. The highest BCUT2D eigenvalue weighted by Gasteiger charge is 2.13. The molecule has 7 heteroatoms. The van der Waals surface area contributed by atoms with E-state index in [1.54, 1.807) is 43.5 Å². The summed E-state index contributed by atoms with van der Waals surface area (Å²) in [6.07, 6.45) is 3.33. The van der Waals surface area contributed by atoms with Gasteiger partial charge in [-0.2, -0.15) is 0 Å². The number of carbonyl (C=O) groups is 2. The first kappa shape index (κ1) is 20.9. The van der Waals surface area contributed by atoms with E-state index in [0.717, 1.165) is 5.56 Å². The summed E-state index contributed by atoms with van der Waals surface area (Å²) in [5.74, 6) is -0.373. The van der Waals surface area contributed by atoms with Crippen LogP contribution in [0.25, 0.3) is 17.0 Å². The Morgan fingerprint density at radius 3 is 2.70 bits per heavy atom. The number of amides is 1. The lowest BCUT2D eigenvalue weighted by molar-refractivity contribution is -0.137. The number of ether oxygens (including phenoxy) is 2. The molecule has 0 fully saturated rings. The van der Waals surface area contributed by atoms with Crippen LogP contribution in [-0.2, 0) is 9.53 Å². The van der Waals surface area contributed by atoms with Gasteiger partial charge in [0, 0.05) is 23.6 Å². The van der Waals surface area contributed by atoms with Gasteiger partial charge in [0.1, 0.15) is 16.9 Å². The molecule has 0 aliphatic rings. The number of fused-ring (bicyclic) bond motifs is 1. The van der Waals surface area contributed by atoms with E-state index in [0.29, 0.717) is 23.1 Å². The van der Waals surface area contributed by atoms with Crippen LogP contribution >= 0.6 is 0 Å². The highest BCUT2D eigenvalue weighted by molar-refractivity contribution is 5.96. The average molecular weight is 407 g/mol. The molecule has 0 radical (unpaired) electrons. The predicted octanol–water partition coefficient (Wildman–Crippen LogP) is 3.18. The molecule has 30 heavy (non-hydrogen) atoms. The van der Waals surface area contributed by atoms with Crippen molar-refractivity contribution >= 4 is 28.9 Å². The minimum atomic E-state index is -0.695. The van der Waals surface area contributed by atoms with E-state index in [9.17, 15) is 14.4 Å². The Morgan fingerprint density at radius 2 is 1.87 bits per heavy atom. The van der Waals surface area contributed by atoms with Crippen molar-refractivity contribution in [3.63, 3.8) is 0 Å². The Kier molecular flexibility index (Phi) is 7.00. The quantitative estimate of drug-likeness (QED) is 0.267. The second kappa shape index (κ2) is 10.1. The monoisotopic (exact) mass is 407 g/mol. The van der Waals surface area contributed by atoms with E-state index < -0.39 is 17.5 Å². The summed E-state index contributed by atoms with van der Waals surface area (Å²) in [6.45, 7) is 0.371. The van der Waals surface area contributed by atoms with Crippen molar-refractivity contribution in [2.75, 3.05) is 20.3 Å². The van der Waals surface area contributed by atoms with E-state index in [-0.39, 0.29) is 18.7 Å². The van der Waals surface area contributed by atoms with E-state index in [4.69, 9.17) is 13.9 Å². The Bertz CT molecular complexity index is 1130. The van der Waals surface area contributed by atoms with Gasteiger partial charge < -0.3 is 19.2 Å². The molecule has 0 aliphatic heterocycles. The molecule has 7 nitrogen and oxygen atoms in total. The second-order valence-electron chi connectivity index (χ2n) is 6.34. The van der Waals surface area contributed by atoms with E-state index in [1.807, 2.05) is 18.2 Å². The van der Waals surface area contributed by atoms with Crippen molar-refractivity contribution in [3.05, 3.63) is 82.2 Å². The zero-order valence-corrected chi connectivity index (χ0v) is 16.4. The molecule has 0 bridgehead atoms. The number of carbonyl (C=O) groups excluding carboxylic acids is 2. The standard InChI is InChI=1S/C23H21NO6/c1-28-19-9-4-2-7-16(19)11-12-21(25)29-14-6-13-24-22(26)18-15-17-8-3-5-10-20(17)30-23(18)27/h2-5,7-12,15H,6,13-14H2,1H3,(H,24,26)/b12-11+. The number of para-hydroxylation sites is 2. The summed E-state index contributed by atoms with van der Waals surface area (Å²) in [5.41, 5.74) is 0.426. The topological polar surface area (TPSA) is 94.8 Å². The van der Waals surface area contributed by atoms with Crippen molar-refractivity contribution in [1.82, 2.24) is 5.32 Å². The van der Waals surface area contributed by atoms with Crippen LogP contribution in [0.4, 0.5) is 0 Å². The van der Waals surface area contributed by atoms with Crippen LogP contribution in [0.5, 0.6) is 5.75 Å². The minimum Gasteiger partial charge on any atom is -0.496 e. The zero-order chi connectivity index (χ0) is 21.3. The number of hydrogen-bond acceptors (Lipinski definition) is 6. The molecule has 2 aromatic carbocycles. The summed E-state index contributed by atoms with van der Waals surface area (Å²) in [4.78, 5) is 36.0. The van der Waals surface area contributed by atoms with Crippen LogP contribution in [0.2, 0.25) is 0 Å². The SMILES string of the molecule is COc1ccccc1/C=C/C(=O)OCCCNC(=O)c1cc2ccccc2oc1=O. The molecular formula is C23H21NO6. The molecule has 0 aliphatic carbocycles. The third-order valence-corrected chi connectivity index (χ3v) is 4.27. The third-order valence-electron chi connectivity index (χ3n) is 4.27. The molecule has 0 atom stereocenters. The molecule has 0 unspecified atom stereocenters. The summed E-state index contributed by atoms with van der Waals surface area (Å²) in [5, 5.41) is 3.29. The number of esters is 1. The fourth-order valence-electron chi connectivity index (χ4n) is 2.77. The number of methoxy groups -OCH3 is 1. The van der Waals surface area contributed by atoms with Gasteiger partial charge in [0.05, 0.1) is 13.7 Å². The summed E-state index contributed by atoms with van der Waals surface area (Å²) >= 11 is 0. The molecule has 1 N–H and O–H groups in total. The minimum absolute atomic E-state index is 0.0644. The first-order chi connectivity index (χ1) is 14.6. The summed E-state index contributed by atoms with van der Waals surface area (Å²) in [6, 6.07) is 15.8. The maximum Gasteiger partial charge on any atom is 0.349 e. The fourth-order valence-corrected chi connectivity index (χ4v) is 2.77. The molecular weight excluding hydrogens is 386 g/mol. The van der Waals surface area contributed by atoms with E-state index >= 15 is 0 Å². The molecule has 1 aromatic heterocycles. The molecule has 3 aromatic rings. The van der Waals surface area contributed by atoms with Gasteiger partial charge in [-0.1, -0.05) is 36.4 Å². The number of hydrogen-bond donors (Lipinski definition) is 1. The average Bonchev–Trinajstić information content (AvgIpc) is 2.77. The molecule has 1 heterocycles. The highest BCUT2D eigenvalue weighted by atomic mass is 16.5. The lowest BCUT2D eigenvalue weighted by Gasteiger charge is -2.06. The van der Waals surface area contributed by atoms with Crippen LogP contribution < -0.4 is 15.7 Å².